The Hall–Kier alpha value is -1.62. The van der Waals surface area contributed by atoms with E-state index in [1.807, 2.05) is 12.1 Å². The second-order valence-corrected chi connectivity index (χ2v) is 7.86. The molecule has 26 heavy (non-hydrogen) atoms. The van der Waals surface area contributed by atoms with Crippen LogP contribution in [0.4, 0.5) is 0 Å². The summed E-state index contributed by atoms with van der Waals surface area (Å²) in [7, 11) is 0. The van der Waals surface area contributed by atoms with Crippen LogP contribution in [-0.2, 0) is 4.79 Å². The summed E-state index contributed by atoms with van der Waals surface area (Å²) in [5.74, 6) is 1.97. The number of likely N-dealkylation sites (tertiary alicyclic amines) is 2. The summed E-state index contributed by atoms with van der Waals surface area (Å²) in [5, 5.41) is 0. The van der Waals surface area contributed by atoms with E-state index >= 15 is 0 Å². The summed E-state index contributed by atoms with van der Waals surface area (Å²) in [6.45, 7) is 7.90. The fraction of sp³-hybridized carbons (Fsp3) is 0.714. The van der Waals surface area contributed by atoms with Gasteiger partial charge in [0.05, 0.1) is 12.8 Å². The maximum atomic E-state index is 12.7. The zero-order valence-electron chi connectivity index (χ0n) is 16.1. The zero-order chi connectivity index (χ0) is 18.2. The van der Waals surface area contributed by atoms with Gasteiger partial charge >= 0.3 is 0 Å². The Morgan fingerprint density at radius 1 is 1.23 bits per heavy atom. The van der Waals surface area contributed by atoms with E-state index in [0.717, 1.165) is 64.3 Å². The number of hydrogen-bond donors (Lipinski definition) is 0. The Labute approximate surface area is 157 Å². The van der Waals surface area contributed by atoms with E-state index in [0.29, 0.717) is 11.8 Å². The third-order valence-electron chi connectivity index (χ3n) is 5.76. The molecule has 144 valence electrons. The molecule has 1 unspecified atom stereocenters. The number of nitrogens with zero attached hydrogens (tertiary/aromatic N) is 3. The molecular weight excluding hydrogens is 326 g/mol. The molecule has 2 aliphatic rings. The lowest BCUT2D eigenvalue weighted by Gasteiger charge is -2.35. The summed E-state index contributed by atoms with van der Waals surface area (Å²) in [6, 6.07) is 3.84. The molecule has 2 aliphatic heterocycles. The lowest BCUT2D eigenvalue weighted by atomic mass is 9.93. The number of piperidine rings is 2. The number of carbonyl (C=O) groups excluding carboxylic acids is 1. The normalized spacial score (nSPS) is 20.7. The number of carbonyl (C=O) groups is 1. The predicted octanol–water partition coefficient (Wildman–Crippen LogP) is 3.21. The van der Waals surface area contributed by atoms with Crippen LogP contribution >= 0.6 is 0 Å². The van der Waals surface area contributed by atoms with E-state index in [-0.39, 0.29) is 5.92 Å². The van der Waals surface area contributed by atoms with Crippen LogP contribution in [-0.4, -0.2) is 60.0 Å². The SMILES string of the molecule is CC(CN1CCCCC1)C(=O)N1CCC(CCOc2cccnc2)CC1. The van der Waals surface area contributed by atoms with Gasteiger partial charge in [0.1, 0.15) is 5.75 Å². The van der Waals surface area contributed by atoms with Crippen LogP contribution in [0.1, 0.15) is 45.4 Å². The molecule has 0 aromatic carbocycles. The quantitative estimate of drug-likeness (QED) is 0.750. The van der Waals surface area contributed by atoms with Crippen molar-refractivity contribution in [2.75, 3.05) is 39.3 Å². The largest absolute Gasteiger partial charge is 0.492 e. The molecule has 1 aromatic rings. The van der Waals surface area contributed by atoms with E-state index in [1.54, 1.807) is 12.4 Å². The molecule has 0 spiro atoms. The molecule has 0 bridgehead atoms. The molecule has 0 aliphatic carbocycles. The van der Waals surface area contributed by atoms with Crippen molar-refractivity contribution in [2.24, 2.45) is 11.8 Å². The average Bonchev–Trinajstić information content (AvgIpc) is 2.69. The topological polar surface area (TPSA) is 45.7 Å². The molecule has 0 radical (unpaired) electrons. The Balaban J connectivity index is 1.34. The molecule has 1 atom stereocenters. The number of pyridine rings is 1. The second-order valence-electron chi connectivity index (χ2n) is 7.86. The van der Waals surface area contributed by atoms with Crippen molar-refractivity contribution in [1.82, 2.24) is 14.8 Å². The molecule has 3 heterocycles. The maximum absolute atomic E-state index is 12.7. The summed E-state index contributed by atoms with van der Waals surface area (Å²) < 4.78 is 5.76. The van der Waals surface area contributed by atoms with Gasteiger partial charge in [-0.05, 0) is 63.2 Å². The van der Waals surface area contributed by atoms with Crippen molar-refractivity contribution < 1.29 is 9.53 Å². The highest BCUT2D eigenvalue weighted by Gasteiger charge is 2.27. The second kappa shape index (κ2) is 9.91. The van der Waals surface area contributed by atoms with Gasteiger partial charge in [-0.3, -0.25) is 9.78 Å². The Bertz CT molecular complexity index is 537. The van der Waals surface area contributed by atoms with Crippen molar-refractivity contribution in [3.63, 3.8) is 0 Å². The average molecular weight is 360 g/mol. The third kappa shape index (κ3) is 5.70. The molecule has 5 heteroatoms. The molecular formula is C21H33N3O2. The van der Waals surface area contributed by atoms with Gasteiger partial charge in [0, 0.05) is 31.7 Å². The van der Waals surface area contributed by atoms with E-state index in [2.05, 4.69) is 21.7 Å². The minimum absolute atomic E-state index is 0.124. The Morgan fingerprint density at radius 2 is 2.00 bits per heavy atom. The van der Waals surface area contributed by atoms with Gasteiger partial charge in [-0.15, -0.1) is 0 Å². The number of aromatic nitrogens is 1. The summed E-state index contributed by atoms with van der Waals surface area (Å²) in [5.41, 5.74) is 0. The van der Waals surface area contributed by atoms with Crippen molar-refractivity contribution in [3.8, 4) is 5.75 Å². The van der Waals surface area contributed by atoms with Crippen LogP contribution in [0.15, 0.2) is 24.5 Å². The number of hydrogen-bond acceptors (Lipinski definition) is 4. The third-order valence-corrected chi connectivity index (χ3v) is 5.76. The van der Waals surface area contributed by atoms with E-state index < -0.39 is 0 Å². The molecule has 2 fully saturated rings. The van der Waals surface area contributed by atoms with Crippen LogP contribution < -0.4 is 4.74 Å². The number of amides is 1. The standard InChI is InChI=1S/C21H33N3O2/c1-18(17-23-11-3-2-4-12-23)21(25)24-13-7-19(8-14-24)9-15-26-20-6-5-10-22-16-20/h5-6,10,16,18-19H,2-4,7-9,11-15,17H2,1H3. The minimum Gasteiger partial charge on any atom is -0.492 e. The molecule has 5 nitrogen and oxygen atoms in total. The first-order chi connectivity index (χ1) is 12.7. The van der Waals surface area contributed by atoms with Crippen LogP contribution in [0.25, 0.3) is 0 Å². The number of ether oxygens (including phenoxy) is 1. The van der Waals surface area contributed by atoms with E-state index in [9.17, 15) is 4.79 Å². The van der Waals surface area contributed by atoms with E-state index in [1.165, 1.54) is 19.3 Å². The van der Waals surface area contributed by atoms with Gasteiger partial charge in [0.15, 0.2) is 0 Å². The highest BCUT2D eigenvalue weighted by molar-refractivity contribution is 5.78. The molecule has 2 saturated heterocycles. The van der Waals surface area contributed by atoms with E-state index in [4.69, 9.17) is 4.74 Å². The monoisotopic (exact) mass is 359 g/mol. The van der Waals surface area contributed by atoms with Crippen molar-refractivity contribution in [2.45, 2.75) is 45.4 Å². The molecule has 0 saturated carbocycles. The Kier molecular flexibility index (Phi) is 7.30. The van der Waals surface area contributed by atoms with Gasteiger partial charge in [-0.2, -0.15) is 0 Å². The van der Waals surface area contributed by atoms with Crippen LogP contribution in [0.5, 0.6) is 5.75 Å². The molecule has 0 N–H and O–H groups in total. The summed E-state index contributed by atoms with van der Waals surface area (Å²) in [6.07, 6.45) is 10.7. The summed E-state index contributed by atoms with van der Waals surface area (Å²) in [4.78, 5) is 21.4. The first-order valence-corrected chi connectivity index (χ1v) is 10.3. The first-order valence-electron chi connectivity index (χ1n) is 10.3. The van der Waals surface area contributed by atoms with Gasteiger partial charge in [0.2, 0.25) is 5.91 Å². The predicted molar refractivity (Wildman–Crippen MR) is 103 cm³/mol. The van der Waals surface area contributed by atoms with Crippen LogP contribution in [0, 0.1) is 11.8 Å². The molecule has 3 rings (SSSR count). The van der Waals surface area contributed by atoms with Gasteiger partial charge in [0.25, 0.3) is 0 Å². The van der Waals surface area contributed by atoms with Crippen molar-refractivity contribution in [3.05, 3.63) is 24.5 Å². The molecule has 1 amide bonds. The van der Waals surface area contributed by atoms with Gasteiger partial charge in [-0.1, -0.05) is 13.3 Å². The van der Waals surface area contributed by atoms with Gasteiger partial charge in [-0.25, -0.2) is 0 Å². The smallest absolute Gasteiger partial charge is 0.226 e. The highest BCUT2D eigenvalue weighted by Crippen LogP contribution is 2.23. The van der Waals surface area contributed by atoms with Gasteiger partial charge < -0.3 is 14.5 Å². The maximum Gasteiger partial charge on any atom is 0.226 e. The number of rotatable bonds is 7. The Morgan fingerprint density at radius 3 is 2.69 bits per heavy atom. The summed E-state index contributed by atoms with van der Waals surface area (Å²) >= 11 is 0. The molecule has 1 aromatic heterocycles. The van der Waals surface area contributed by atoms with Crippen molar-refractivity contribution in [1.29, 1.82) is 0 Å². The lowest BCUT2D eigenvalue weighted by molar-refractivity contribution is -0.137. The fourth-order valence-corrected chi connectivity index (χ4v) is 4.14. The van der Waals surface area contributed by atoms with Crippen molar-refractivity contribution >= 4 is 5.91 Å². The van der Waals surface area contributed by atoms with Crippen LogP contribution in [0.3, 0.4) is 0 Å². The highest BCUT2D eigenvalue weighted by atomic mass is 16.5. The fourth-order valence-electron chi connectivity index (χ4n) is 4.14. The zero-order valence-corrected chi connectivity index (χ0v) is 16.1. The first kappa shape index (κ1) is 19.2. The lowest BCUT2D eigenvalue weighted by Crippen LogP contribution is -2.45. The minimum atomic E-state index is 0.124. The van der Waals surface area contributed by atoms with Crippen LogP contribution in [0.2, 0.25) is 0 Å².